The number of rotatable bonds is 7. The average molecular weight is 309 g/mol. The van der Waals surface area contributed by atoms with Crippen LogP contribution in [0.15, 0.2) is 40.8 Å². The molecule has 1 aromatic carbocycles. The molecule has 1 aromatic heterocycles. The number of unbranched alkanes of at least 4 members (excludes halogenated alkanes) is 1. The summed E-state index contributed by atoms with van der Waals surface area (Å²) in [6.07, 6.45) is 1.96. The number of aliphatic hydroxyl groups excluding tert-OH is 1. The Hall–Kier alpha value is -1.29. The van der Waals surface area contributed by atoms with Gasteiger partial charge in [-0.1, -0.05) is 37.6 Å². The van der Waals surface area contributed by atoms with Gasteiger partial charge in [0, 0.05) is 5.56 Å². The smallest absolute Gasteiger partial charge is 0.134 e. The summed E-state index contributed by atoms with van der Waals surface area (Å²) in [5.74, 6) is 1.82. The first-order valence-electron chi connectivity index (χ1n) is 7.28. The van der Waals surface area contributed by atoms with E-state index in [1.807, 2.05) is 36.4 Å². The second-order valence-corrected chi connectivity index (χ2v) is 5.09. The van der Waals surface area contributed by atoms with Crippen LogP contribution in [-0.4, -0.2) is 11.7 Å². The van der Waals surface area contributed by atoms with Crippen LogP contribution in [0.1, 0.15) is 44.1 Å². The molecular formula is C17H23ClNO2-. The summed E-state index contributed by atoms with van der Waals surface area (Å²) in [7, 11) is 0. The van der Waals surface area contributed by atoms with Crippen molar-refractivity contribution in [3.63, 3.8) is 0 Å². The van der Waals surface area contributed by atoms with Crippen LogP contribution < -0.4 is 17.7 Å². The normalized spacial score (nSPS) is 12.0. The molecule has 3 nitrogen and oxygen atoms in total. The van der Waals surface area contributed by atoms with Gasteiger partial charge in [0.15, 0.2) is 0 Å². The molecule has 4 heteroatoms. The van der Waals surface area contributed by atoms with E-state index in [0.717, 1.165) is 35.7 Å². The van der Waals surface area contributed by atoms with Crippen LogP contribution in [0.4, 0.5) is 0 Å². The van der Waals surface area contributed by atoms with Crippen LogP contribution in [0.25, 0.3) is 11.3 Å². The lowest BCUT2D eigenvalue weighted by Gasteiger charge is -2.05. The second kappa shape index (κ2) is 8.88. The Morgan fingerprint density at radius 1 is 1.14 bits per heavy atom. The minimum absolute atomic E-state index is 0. The maximum absolute atomic E-state index is 9.50. The molecule has 0 amide bonds. The van der Waals surface area contributed by atoms with Crippen molar-refractivity contribution in [2.24, 2.45) is 0 Å². The predicted molar refractivity (Wildman–Crippen MR) is 81.4 cm³/mol. The highest BCUT2D eigenvalue weighted by Crippen LogP contribution is 2.24. The molecule has 2 rings (SSSR count). The quantitative estimate of drug-likeness (QED) is 0.747. The summed E-state index contributed by atoms with van der Waals surface area (Å²) in [4.78, 5) is 0. The number of aliphatic hydroxyl groups is 1. The Kier molecular flexibility index (Phi) is 7.51. The summed E-state index contributed by atoms with van der Waals surface area (Å²) in [6, 6.07) is 11.8. The number of furan rings is 1. The van der Waals surface area contributed by atoms with Gasteiger partial charge in [-0.25, -0.2) is 0 Å². The van der Waals surface area contributed by atoms with Gasteiger partial charge in [0.2, 0.25) is 0 Å². The third kappa shape index (κ3) is 5.20. The highest BCUT2D eigenvalue weighted by molar-refractivity contribution is 5.58. The van der Waals surface area contributed by atoms with Crippen LogP contribution in [0.2, 0.25) is 0 Å². The van der Waals surface area contributed by atoms with Crippen LogP contribution >= 0.6 is 0 Å². The van der Waals surface area contributed by atoms with E-state index in [9.17, 15) is 5.11 Å². The van der Waals surface area contributed by atoms with Gasteiger partial charge < -0.3 is 27.2 Å². The minimum Gasteiger partial charge on any atom is -1.00 e. The van der Waals surface area contributed by atoms with Crippen molar-refractivity contribution >= 4 is 0 Å². The van der Waals surface area contributed by atoms with Gasteiger partial charge in [0.1, 0.15) is 11.5 Å². The molecule has 2 N–H and O–H groups in total. The molecule has 1 unspecified atom stereocenters. The summed E-state index contributed by atoms with van der Waals surface area (Å²) >= 11 is 0. The topological polar surface area (TPSA) is 45.4 Å². The monoisotopic (exact) mass is 308 g/mol. The Bertz CT molecular complexity index is 520. The fourth-order valence-corrected chi connectivity index (χ4v) is 2.07. The van der Waals surface area contributed by atoms with E-state index in [0.29, 0.717) is 0 Å². The highest BCUT2D eigenvalue weighted by Gasteiger charge is 2.06. The fraction of sp³-hybridized carbons (Fsp3) is 0.412. The van der Waals surface area contributed by atoms with E-state index < -0.39 is 6.10 Å². The zero-order valence-electron chi connectivity index (χ0n) is 12.6. The van der Waals surface area contributed by atoms with Gasteiger partial charge in [-0.15, -0.1) is 0 Å². The van der Waals surface area contributed by atoms with Crippen molar-refractivity contribution in [2.45, 2.75) is 39.3 Å². The van der Waals surface area contributed by atoms with Crippen molar-refractivity contribution in [1.82, 2.24) is 5.32 Å². The standard InChI is InChI=1S/C17H23NO2.ClH/c1-3-4-11-18-12-16-9-10-17(20-16)15-7-5-14(6-8-15)13(2)19;/h5-10,13,18-19H,3-4,11-12H2,1-2H3;1H/p-1. The summed E-state index contributed by atoms with van der Waals surface area (Å²) in [5.41, 5.74) is 1.95. The molecule has 1 heterocycles. The van der Waals surface area contributed by atoms with Crippen LogP contribution in [0.5, 0.6) is 0 Å². The summed E-state index contributed by atoms with van der Waals surface area (Å²) in [5, 5.41) is 12.9. The molecule has 1 atom stereocenters. The maximum Gasteiger partial charge on any atom is 0.134 e. The van der Waals surface area contributed by atoms with Gasteiger partial charge in [-0.3, -0.25) is 0 Å². The van der Waals surface area contributed by atoms with Gasteiger partial charge in [-0.05, 0) is 37.6 Å². The zero-order chi connectivity index (χ0) is 14.4. The molecule has 0 aliphatic carbocycles. The molecule has 0 saturated carbocycles. The Balaban J connectivity index is 0.00000220. The molecule has 0 saturated heterocycles. The number of benzene rings is 1. The van der Waals surface area contributed by atoms with E-state index in [2.05, 4.69) is 12.2 Å². The Labute approximate surface area is 132 Å². The third-order valence-corrected chi connectivity index (χ3v) is 3.35. The molecule has 2 aromatic rings. The molecule has 0 radical (unpaired) electrons. The maximum atomic E-state index is 9.50. The number of hydrogen-bond donors (Lipinski definition) is 2. The Morgan fingerprint density at radius 3 is 2.48 bits per heavy atom. The molecule has 0 aliphatic heterocycles. The predicted octanol–water partition coefficient (Wildman–Crippen LogP) is 0.894. The first-order chi connectivity index (χ1) is 9.70. The lowest BCUT2D eigenvalue weighted by molar-refractivity contribution is -0.00000669. The third-order valence-electron chi connectivity index (χ3n) is 3.35. The largest absolute Gasteiger partial charge is 1.00 e. The van der Waals surface area contributed by atoms with Crippen molar-refractivity contribution in [2.75, 3.05) is 6.54 Å². The van der Waals surface area contributed by atoms with Crippen LogP contribution in [-0.2, 0) is 6.54 Å². The number of halogens is 1. The van der Waals surface area contributed by atoms with E-state index in [-0.39, 0.29) is 12.4 Å². The number of nitrogens with one attached hydrogen (secondary N) is 1. The lowest BCUT2D eigenvalue weighted by atomic mass is 10.1. The van der Waals surface area contributed by atoms with Crippen molar-refractivity contribution in [3.8, 4) is 11.3 Å². The molecule has 0 spiro atoms. The van der Waals surface area contributed by atoms with Gasteiger partial charge >= 0.3 is 0 Å². The summed E-state index contributed by atoms with van der Waals surface area (Å²) in [6.45, 7) is 5.74. The summed E-state index contributed by atoms with van der Waals surface area (Å²) < 4.78 is 5.83. The van der Waals surface area contributed by atoms with Crippen molar-refractivity contribution in [1.29, 1.82) is 0 Å². The van der Waals surface area contributed by atoms with Gasteiger partial charge in [0.25, 0.3) is 0 Å². The molecule has 0 bridgehead atoms. The molecular weight excluding hydrogens is 286 g/mol. The SMILES string of the molecule is CCCCNCc1ccc(-c2ccc(C(C)O)cc2)o1.[Cl-]. The van der Waals surface area contributed by atoms with E-state index >= 15 is 0 Å². The van der Waals surface area contributed by atoms with Gasteiger partial charge in [0.05, 0.1) is 12.6 Å². The highest BCUT2D eigenvalue weighted by atomic mass is 35.5. The van der Waals surface area contributed by atoms with Crippen molar-refractivity contribution < 1.29 is 21.9 Å². The first-order valence-corrected chi connectivity index (χ1v) is 7.28. The minimum atomic E-state index is -0.432. The zero-order valence-corrected chi connectivity index (χ0v) is 13.4. The average Bonchev–Trinajstić information content (AvgIpc) is 2.92. The van der Waals surface area contributed by atoms with E-state index in [1.54, 1.807) is 6.92 Å². The van der Waals surface area contributed by atoms with E-state index in [4.69, 9.17) is 4.42 Å². The molecule has 0 aliphatic rings. The molecule has 0 fully saturated rings. The van der Waals surface area contributed by atoms with E-state index in [1.165, 1.54) is 12.8 Å². The fourth-order valence-electron chi connectivity index (χ4n) is 2.07. The van der Waals surface area contributed by atoms with Crippen LogP contribution in [0.3, 0.4) is 0 Å². The van der Waals surface area contributed by atoms with Crippen molar-refractivity contribution in [3.05, 3.63) is 47.7 Å². The Morgan fingerprint density at radius 2 is 1.86 bits per heavy atom. The first kappa shape index (κ1) is 17.8. The lowest BCUT2D eigenvalue weighted by Crippen LogP contribution is -3.00. The number of hydrogen-bond acceptors (Lipinski definition) is 3. The second-order valence-electron chi connectivity index (χ2n) is 5.09. The van der Waals surface area contributed by atoms with Crippen LogP contribution in [0, 0.1) is 0 Å². The van der Waals surface area contributed by atoms with Gasteiger partial charge in [-0.2, -0.15) is 0 Å². The molecule has 116 valence electrons. The molecule has 21 heavy (non-hydrogen) atoms.